The van der Waals surface area contributed by atoms with Crippen molar-refractivity contribution in [2.24, 2.45) is 0 Å². The van der Waals surface area contributed by atoms with Gasteiger partial charge in [-0.2, -0.15) is 0 Å². The molecule has 192 valence electrons. The Bertz CT molecular complexity index is 955. The standard InChI is InChI=1S/C33H48O2/c1-7-10-14-24(4)27-17-13-18-29(21-27)33(35)32(34)23-30-22-28(25(5)15-11-8-2)19-20-31(30)26(6)16-12-9-3/h13,17-26,34H,7-12,14-16H2,1-6H3. The second-order valence-corrected chi connectivity index (χ2v) is 10.5. The highest BCUT2D eigenvalue weighted by molar-refractivity contribution is 6.09. The van der Waals surface area contributed by atoms with Crippen molar-refractivity contribution in [2.45, 2.75) is 117 Å². The minimum absolute atomic E-state index is 0.175. The zero-order valence-corrected chi connectivity index (χ0v) is 23.1. The summed E-state index contributed by atoms with van der Waals surface area (Å²) in [5.74, 6) is 0.769. The second kappa shape index (κ2) is 14.9. The Labute approximate surface area is 214 Å². The van der Waals surface area contributed by atoms with Gasteiger partial charge >= 0.3 is 0 Å². The summed E-state index contributed by atoms with van der Waals surface area (Å²) in [6.07, 6.45) is 12.2. The molecule has 2 heteroatoms. The van der Waals surface area contributed by atoms with Gasteiger partial charge in [0.1, 0.15) is 0 Å². The number of aliphatic hydroxyl groups excluding tert-OH is 1. The Kier molecular flexibility index (Phi) is 12.3. The first-order chi connectivity index (χ1) is 16.8. The third kappa shape index (κ3) is 8.67. The number of Topliss-reactive ketones (excluding diaryl/α,β-unsaturated/α-hetero) is 1. The Morgan fingerprint density at radius 1 is 0.771 bits per heavy atom. The number of benzene rings is 2. The lowest BCUT2D eigenvalue weighted by Crippen LogP contribution is -2.06. The summed E-state index contributed by atoms with van der Waals surface area (Å²) in [7, 11) is 0. The molecule has 0 aromatic heterocycles. The molecule has 1 N–H and O–H groups in total. The van der Waals surface area contributed by atoms with Gasteiger partial charge < -0.3 is 5.11 Å². The molecule has 0 aliphatic rings. The molecular weight excluding hydrogens is 428 g/mol. The van der Waals surface area contributed by atoms with Gasteiger partial charge in [-0.3, -0.25) is 4.79 Å². The van der Waals surface area contributed by atoms with Gasteiger partial charge in [-0.25, -0.2) is 0 Å². The summed E-state index contributed by atoms with van der Waals surface area (Å²) in [6.45, 7) is 13.4. The molecule has 2 rings (SSSR count). The number of hydrogen-bond donors (Lipinski definition) is 1. The lowest BCUT2D eigenvalue weighted by molar-refractivity contribution is 0.0980. The lowest BCUT2D eigenvalue weighted by atomic mass is 9.86. The highest BCUT2D eigenvalue weighted by Gasteiger charge is 2.17. The quantitative estimate of drug-likeness (QED) is 0.158. The molecule has 0 fully saturated rings. The van der Waals surface area contributed by atoms with E-state index in [1.165, 1.54) is 49.7 Å². The zero-order valence-electron chi connectivity index (χ0n) is 23.1. The van der Waals surface area contributed by atoms with E-state index >= 15 is 0 Å². The summed E-state index contributed by atoms with van der Waals surface area (Å²) in [4.78, 5) is 13.2. The lowest BCUT2D eigenvalue weighted by Gasteiger charge is -2.19. The summed E-state index contributed by atoms with van der Waals surface area (Å²) in [6, 6.07) is 14.5. The molecule has 0 aliphatic heterocycles. The van der Waals surface area contributed by atoms with Crippen molar-refractivity contribution in [3.8, 4) is 0 Å². The molecule has 0 amide bonds. The largest absolute Gasteiger partial charge is 0.504 e. The van der Waals surface area contributed by atoms with Crippen molar-refractivity contribution >= 4 is 11.9 Å². The van der Waals surface area contributed by atoms with Crippen molar-refractivity contribution in [1.29, 1.82) is 0 Å². The molecule has 0 radical (unpaired) electrons. The van der Waals surface area contributed by atoms with Crippen LogP contribution >= 0.6 is 0 Å². The van der Waals surface area contributed by atoms with Gasteiger partial charge in [0.25, 0.3) is 0 Å². The predicted octanol–water partition coefficient (Wildman–Crippen LogP) is 10.3. The molecule has 35 heavy (non-hydrogen) atoms. The average Bonchev–Trinajstić information content (AvgIpc) is 2.88. The summed E-state index contributed by atoms with van der Waals surface area (Å²) >= 11 is 0. The minimum Gasteiger partial charge on any atom is -0.504 e. The SMILES string of the molecule is CCCCC(C)c1cccc(C(=O)C(O)=Cc2cc(C(C)CCCC)ccc2C(C)CCCC)c1. The van der Waals surface area contributed by atoms with Crippen molar-refractivity contribution in [3.05, 3.63) is 76.0 Å². The minimum atomic E-state index is -0.300. The van der Waals surface area contributed by atoms with Crippen molar-refractivity contribution in [3.63, 3.8) is 0 Å². The summed E-state index contributed by atoms with van der Waals surface area (Å²) in [5.41, 5.74) is 5.20. The molecule has 3 unspecified atom stereocenters. The van der Waals surface area contributed by atoms with Gasteiger partial charge in [0.05, 0.1) is 0 Å². The molecule has 3 atom stereocenters. The fourth-order valence-electron chi connectivity index (χ4n) is 4.84. The van der Waals surface area contributed by atoms with Crippen LogP contribution in [-0.4, -0.2) is 10.9 Å². The third-order valence-electron chi connectivity index (χ3n) is 7.43. The fraction of sp³-hybridized carbons (Fsp3) is 0.545. The number of unbranched alkanes of at least 4 members (excludes halogenated alkanes) is 3. The number of carbonyl (C=O) groups is 1. The van der Waals surface area contributed by atoms with Crippen LogP contribution in [0, 0.1) is 0 Å². The van der Waals surface area contributed by atoms with E-state index in [1.807, 2.05) is 18.2 Å². The van der Waals surface area contributed by atoms with E-state index in [2.05, 4.69) is 65.8 Å². The topological polar surface area (TPSA) is 37.3 Å². The Balaban J connectivity index is 2.38. The summed E-state index contributed by atoms with van der Waals surface area (Å²) in [5, 5.41) is 11.0. The van der Waals surface area contributed by atoms with E-state index in [9.17, 15) is 9.90 Å². The van der Waals surface area contributed by atoms with E-state index in [0.29, 0.717) is 23.3 Å². The maximum absolute atomic E-state index is 13.2. The first kappa shape index (κ1) is 28.9. The Hall–Kier alpha value is -2.35. The highest BCUT2D eigenvalue weighted by atomic mass is 16.3. The van der Waals surface area contributed by atoms with Crippen LogP contribution in [0.5, 0.6) is 0 Å². The van der Waals surface area contributed by atoms with Gasteiger partial charge in [0.15, 0.2) is 5.76 Å². The van der Waals surface area contributed by atoms with Crippen LogP contribution in [0.25, 0.3) is 6.08 Å². The van der Waals surface area contributed by atoms with Crippen LogP contribution in [0.3, 0.4) is 0 Å². The molecule has 0 aliphatic carbocycles. The number of ketones is 1. The van der Waals surface area contributed by atoms with Crippen molar-refractivity contribution in [1.82, 2.24) is 0 Å². The molecule has 0 spiro atoms. The first-order valence-electron chi connectivity index (χ1n) is 14.0. The molecule has 2 aromatic carbocycles. The zero-order chi connectivity index (χ0) is 25.8. The van der Waals surface area contributed by atoms with E-state index in [1.54, 1.807) is 6.08 Å². The van der Waals surface area contributed by atoms with E-state index < -0.39 is 0 Å². The molecule has 0 saturated heterocycles. The van der Waals surface area contributed by atoms with Crippen molar-refractivity contribution in [2.75, 3.05) is 0 Å². The van der Waals surface area contributed by atoms with Gasteiger partial charge in [0.2, 0.25) is 5.78 Å². The molecule has 0 heterocycles. The van der Waals surface area contributed by atoms with Crippen LogP contribution < -0.4 is 0 Å². The first-order valence-corrected chi connectivity index (χ1v) is 14.0. The van der Waals surface area contributed by atoms with Gasteiger partial charge in [-0.1, -0.05) is 116 Å². The van der Waals surface area contributed by atoms with E-state index in [0.717, 1.165) is 30.4 Å². The van der Waals surface area contributed by atoms with E-state index in [4.69, 9.17) is 0 Å². The molecule has 0 bridgehead atoms. The van der Waals surface area contributed by atoms with Crippen LogP contribution in [0.1, 0.15) is 150 Å². The Morgan fingerprint density at radius 2 is 1.31 bits per heavy atom. The van der Waals surface area contributed by atoms with Gasteiger partial charge in [-0.15, -0.1) is 0 Å². The number of allylic oxidation sites excluding steroid dienone is 1. The predicted molar refractivity (Wildman–Crippen MR) is 152 cm³/mol. The molecule has 2 nitrogen and oxygen atoms in total. The Morgan fingerprint density at radius 3 is 1.89 bits per heavy atom. The second-order valence-electron chi connectivity index (χ2n) is 10.5. The fourth-order valence-corrected chi connectivity index (χ4v) is 4.84. The van der Waals surface area contributed by atoms with Crippen LogP contribution in [0.2, 0.25) is 0 Å². The smallest absolute Gasteiger partial charge is 0.227 e. The maximum Gasteiger partial charge on any atom is 0.227 e. The maximum atomic E-state index is 13.2. The van der Waals surface area contributed by atoms with Crippen LogP contribution in [0.4, 0.5) is 0 Å². The van der Waals surface area contributed by atoms with Gasteiger partial charge in [0, 0.05) is 5.56 Å². The average molecular weight is 477 g/mol. The number of hydrogen-bond acceptors (Lipinski definition) is 2. The molecular formula is C33H48O2. The van der Waals surface area contributed by atoms with E-state index in [-0.39, 0.29) is 11.5 Å². The number of aliphatic hydroxyl groups is 1. The number of rotatable bonds is 15. The highest BCUT2D eigenvalue weighted by Crippen LogP contribution is 2.31. The normalized spacial score (nSPS) is 14.5. The third-order valence-corrected chi connectivity index (χ3v) is 7.43. The molecule has 2 aromatic rings. The monoisotopic (exact) mass is 476 g/mol. The summed E-state index contributed by atoms with van der Waals surface area (Å²) < 4.78 is 0. The molecule has 0 saturated carbocycles. The van der Waals surface area contributed by atoms with Crippen LogP contribution in [-0.2, 0) is 0 Å². The van der Waals surface area contributed by atoms with Crippen molar-refractivity contribution < 1.29 is 9.90 Å². The van der Waals surface area contributed by atoms with Gasteiger partial charge in [-0.05, 0) is 71.4 Å². The number of carbonyl (C=O) groups excluding carboxylic acids is 1. The van der Waals surface area contributed by atoms with Crippen LogP contribution in [0.15, 0.2) is 48.2 Å².